The molecule has 3 aromatic rings. The molecule has 0 bridgehead atoms. The quantitative estimate of drug-likeness (QED) is 0.471. The molecule has 0 saturated carbocycles. The number of unbranched alkanes of at least 4 members (excludes halogenated alkanes) is 1. The van der Waals surface area contributed by atoms with Crippen LogP contribution in [0.15, 0.2) is 73.1 Å². The molecule has 1 amide bonds. The van der Waals surface area contributed by atoms with Crippen molar-refractivity contribution in [3.63, 3.8) is 0 Å². The third-order valence-electron chi connectivity index (χ3n) is 4.19. The average Bonchev–Trinajstić information content (AvgIpc) is 2.76. The number of benzene rings is 1. The van der Waals surface area contributed by atoms with Crippen molar-refractivity contribution in [3.8, 4) is 0 Å². The first-order chi connectivity index (χ1) is 13.8. The number of pyridine rings is 2. The van der Waals surface area contributed by atoms with Gasteiger partial charge in [-0.05, 0) is 42.7 Å². The monoisotopic (exact) mass is 375 g/mol. The summed E-state index contributed by atoms with van der Waals surface area (Å²) in [5.41, 5.74) is 2.37. The fourth-order valence-electron chi connectivity index (χ4n) is 2.70. The second-order valence-electron chi connectivity index (χ2n) is 6.37. The summed E-state index contributed by atoms with van der Waals surface area (Å²) in [6.07, 6.45) is 5.47. The number of hydrogen-bond acceptors (Lipinski definition) is 5. The first kappa shape index (κ1) is 19.4. The summed E-state index contributed by atoms with van der Waals surface area (Å²) in [4.78, 5) is 20.7. The Morgan fingerprint density at radius 2 is 1.61 bits per heavy atom. The first-order valence-electron chi connectivity index (χ1n) is 9.48. The lowest BCUT2D eigenvalue weighted by Crippen LogP contribution is -2.23. The van der Waals surface area contributed by atoms with Crippen molar-refractivity contribution in [1.29, 1.82) is 0 Å². The van der Waals surface area contributed by atoms with E-state index in [-0.39, 0.29) is 5.91 Å². The SMILES string of the molecule is O=C(NCc1ccccc1)c1cc(NCCCCNc2ccccn2)ccn1. The molecule has 0 spiro atoms. The van der Waals surface area contributed by atoms with Crippen LogP contribution < -0.4 is 16.0 Å². The minimum absolute atomic E-state index is 0.174. The molecule has 0 aliphatic heterocycles. The van der Waals surface area contributed by atoms with Crippen LogP contribution in [0.25, 0.3) is 0 Å². The lowest BCUT2D eigenvalue weighted by atomic mass is 10.2. The number of rotatable bonds is 10. The third-order valence-corrected chi connectivity index (χ3v) is 4.19. The molecule has 6 heteroatoms. The van der Waals surface area contributed by atoms with Crippen molar-refractivity contribution in [2.75, 3.05) is 23.7 Å². The molecule has 0 aliphatic rings. The fourth-order valence-corrected chi connectivity index (χ4v) is 2.70. The first-order valence-corrected chi connectivity index (χ1v) is 9.48. The Labute approximate surface area is 165 Å². The van der Waals surface area contributed by atoms with E-state index >= 15 is 0 Å². The van der Waals surface area contributed by atoms with Crippen LogP contribution in [0.5, 0.6) is 0 Å². The van der Waals surface area contributed by atoms with Crippen LogP contribution in [0.2, 0.25) is 0 Å². The molecule has 2 heterocycles. The molecule has 0 fully saturated rings. The van der Waals surface area contributed by atoms with E-state index in [1.165, 1.54) is 0 Å². The van der Waals surface area contributed by atoms with E-state index in [2.05, 4.69) is 25.9 Å². The van der Waals surface area contributed by atoms with E-state index in [1.54, 1.807) is 18.5 Å². The van der Waals surface area contributed by atoms with Crippen LogP contribution in [0.3, 0.4) is 0 Å². The number of carbonyl (C=O) groups excluding carboxylic acids is 1. The van der Waals surface area contributed by atoms with Gasteiger partial charge in [-0.3, -0.25) is 9.78 Å². The van der Waals surface area contributed by atoms with Crippen LogP contribution in [-0.2, 0) is 6.54 Å². The molecule has 0 saturated heterocycles. The Morgan fingerprint density at radius 3 is 2.39 bits per heavy atom. The van der Waals surface area contributed by atoms with Crippen LogP contribution in [0, 0.1) is 0 Å². The Morgan fingerprint density at radius 1 is 0.821 bits per heavy atom. The van der Waals surface area contributed by atoms with Gasteiger partial charge in [0.15, 0.2) is 0 Å². The summed E-state index contributed by atoms with van der Waals surface area (Å²) in [7, 11) is 0. The summed E-state index contributed by atoms with van der Waals surface area (Å²) in [6.45, 7) is 2.20. The second-order valence-corrected chi connectivity index (χ2v) is 6.37. The maximum atomic E-state index is 12.3. The topological polar surface area (TPSA) is 78.9 Å². The van der Waals surface area contributed by atoms with E-state index < -0.39 is 0 Å². The smallest absolute Gasteiger partial charge is 0.270 e. The van der Waals surface area contributed by atoms with Gasteiger partial charge < -0.3 is 16.0 Å². The summed E-state index contributed by atoms with van der Waals surface area (Å²) in [5, 5.41) is 9.54. The number of hydrogen-bond donors (Lipinski definition) is 3. The highest BCUT2D eigenvalue weighted by Crippen LogP contribution is 2.09. The van der Waals surface area contributed by atoms with Gasteiger partial charge >= 0.3 is 0 Å². The highest BCUT2D eigenvalue weighted by molar-refractivity contribution is 5.93. The molecule has 6 nitrogen and oxygen atoms in total. The fraction of sp³-hybridized carbons (Fsp3) is 0.227. The van der Waals surface area contributed by atoms with Crippen LogP contribution in [0.1, 0.15) is 28.9 Å². The van der Waals surface area contributed by atoms with Crippen molar-refractivity contribution >= 4 is 17.4 Å². The molecular weight excluding hydrogens is 350 g/mol. The zero-order valence-corrected chi connectivity index (χ0v) is 15.8. The van der Waals surface area contributed by atoms with E-state index in [1.807, 2.05) is 54.6 Å². The predicted octanol–water partition coefficient (Wildman–Crippen LogP) is 3.71. The molecule has 0 radical (unpaired) electrons. The molecule has 0 unspecified atom stereocenters. The van der Waals surface area contributed by atoms with Crippen molar-refractivity contribution in [2.24, 2.45) is 0 Å². The van der Waals surface area contributed by atoms with Gasteiger partial charge in [0.05, 0.1) is 0 Å². The normalized spacial score (nSPS) is 10.3. The number of nitrogens with zero attached hydrogens (tertiary/aromatic N) is 2. The van der Waals surface area contributed by atoms with Crippen LogP contribution >= 0.6 is 0 Å². The van der Waals surface area contributed by atoms with Gasteiger partial charge in [0.1, 0.15) is 11.5 Å². The number of amides is 1. The van der Waals surface area contributed by atoms with E-state index in [0.717, 1.165) is 43.0 Å². The molecule has 2 aromatic heterocycles. The maximum absolute atomic E-state index is 12.3. The Balaban J connectivity index is 1.37. The van der Waals surface area contributed by atoms with Gasteiger partial charge in [0, 0.05) is 37.7 Å². The standard InChI is InChI=1S/C22H25N5O/c28-22(27-17-18-8-2-1-3-9-18)20-16-19(11-15-24-20)23-12-6-7-14-26-21-10-4-5-13-25-21/h1-5,8-11,13,15-16H,6-7,12,14,17H2,(H,23,24)(H,25,26)(H,27,28). The van der Waals surface area contributed by atoms with Gasteiger partial charge in [-0.15, -0.1) is 0 Å². The molecular formula is C22H25N5O. The molecule has 3 N–H and O–H groups in total. The molecule has 3 rings (SSSR count). The number of aromatic nitrogens is 2. The average molecular weight is 375 g/mol. The maximum Gasteiger partial charge on any atom is 0.270 e. The molecule has 28 heavy (non-hydrogen) atoms. The van der Waals surface area contributed by atoms with Gasteiger partial charge in [-0.25, -0.2) is 4.98 Å². The van der Waals surface area contributed by atoms with E-state index in [9.17, 15) is 4.79 Å². The van der Waals surface area contributed by atoms with E-state index in [0.29, 0.717) is 12.2 Å². The van der Waals surface area contributed by atoms with Crippen molar-refractivity contribution in [1.82, 2.24) is 15.3 Å². The minimum Gasteiger partial charge on any atom is -0.385 e. The number of carbonyl (C=O) groups is 1. The third kappa shape index (κ3) is 6.39. The number of anilines is 2. The Hall–Kier alpha value is -3.41. The number of nitrogens with one attached hydrogen (secondary N) is 3. The van der Waals surface area contributed by atoms with Gasteiger partial charge in [-0.1, -0.05) is 36.4 Å². The second kappa shape index (κ2) is 10.7. The largest absolute Gasteiger partial charge is 0.385 e. The summed E-state index contributed by atoms with van der Waals surface area (Å²) in [5.74, 6) is 0.725. The van der Waals surface area contributed by atoms with E-state index in [4.69, 9.17) is 0 Å². The van der Waals surface area contributed by atoms with Crippen LogP contribution in [0.4, 0.5) is 11.5 Å². The molecule has 1 aromatic carbocycles. The van der Waals surface area contributed by atoms with Gasteiger partial charge in [0.2, 0.25) is 0 Å². The molecule has 0 aliphatic carbocycles. The summed E-state index contributed by atoms with van der Waals surface area (Å²) in [6, 6.07) is 19.3. The highest BCUT2D eigenvalue weighted by Gasteiger charge is 2.07. The van der Waals surface area contributed by atoms with Gasteiger partial charge in [-0.2, -0.15) is 0 Å². The minimum atomic E-state index is -0.174. The van der Waals surface area contributed by atoms with Crippen molar-refractivity contribution < 1.29 is 4.79 Å². The Bertz CT molecular complexity index is 855. The van der Waals surface area contributed by atoms with Crippen molar-refractivity contribution in [3.05, 3.63) is 84.3 Å². The Kier molecular flexibility index (Phi) is 7.37. The zero-order chi connectivity index (χ0) is 19.4. The van der Waals surface area contributed by atoms with Gasteiger partial charge in [0.25, 0.3) is 5.91 Å². The summed E-state index contributed by atoms with van der Waals surface area (Å²) < 4.78 is 0. The lowest BCUT2D eigenvalue weighted by Gasteiger charge is -2.09. The molecule has 0 atom stereocenters. The molecule has 144 valence electrons. The lowest BCUT2D eigenvalue weighted by molar-refractivity contribution is 0.0946. The van der Waals surface area contributed by atoms with Crippen molar-refractivity contribution in [2.45, 2.75) is 19.4 Å². The zero-order valence-electron chi connectivity index (χ0n) is 15.8. The predicted molar refractivity (Wildman–Crippen MR) is 112 cm³/mol. The highest BCUT2D eigenvalue weighted by atomic mass is 16.1. The summed E-state index contributed by atoms with van der Waals surface area (Å²) >= 11 is 0. The van der Waals surface area contributed by atoms with Crippen LogP contribution in [-0.4, -0.2) is 29.0 Å².